The number of fused-ring (bicyclic) bond motifs is 1. The summed E-state index contributed by atoms with van der Waals surface area (Å²) in [7, 11) is 0. The third kappa shape index (κ3) is 2.44. The summed E-state index contributed by atoms with van der Waals surface area (Å²) in [5, 5.41) is 20.4. The van der Waals surface area contributed by atoms with Gasteiger partial charge in [-0.1, -0.05) is 0 Å². The van der Waals surface area contributed by atoms with Gasteiger partial charge in [-0.05, 0) is 6.42 Å². The molecule has 8 heteroatoms. The SMILES string of the molecule is NC1=NC2C(N=CN2CCC(CO)CO)C(=O)N1. The first kappa shape index (κ1) is 12.8. The Balaban J connectivity index is 1.97. The summed E-state index contributed by atoms with van der Waals surface area (Å²) in [6, 6.07) is -0.556. The van der Waals surface area contributed by atoms with E-state index in [-0.39, 0.29) is 31.0 Å². The van der Waals surface area contributed by atoms with Gasteiger partial charge in [-0.25, -0.2) is 4.99 Å². The first-order valence-corrected chi connectivity index (χ1v) is 5.80. The van der Waals surface area contributed by atoms with Crippen LogP contribution in [0.4, 0.5) is 0 Å². The van der Waals surface area contributed by atoms with Gasteiger partial charge in [0.15, 0.2) is 18.2 Å². The summed E-state index contributed by atoms with van der Waals surface area (Å²) in [5.41, 5.74) is 5.51. The summed E-state index contributed by atoms with van der Waals surface area (Å²) in [6.45, 7) is 0.420. The van der Waals surface area contributed by atoms with Gasteiger partial charge in [0.05, 0.1) is 6.34 Å². The molecule has 0 bridgehead atoms. The molecule has 2 aliphatic heterocycles. The number of nitrogens with two attached hydrogens (primary N) is 1. The molecule has 2 rings (SSSR count). The maximum atomic E-state index is 11.6. The van der Waals surface area contributed by atoms with Gasteiger partial charge in [0.2, 0.25) is 0 Å². The average molecular weight is 255 g/mol. The van der Waals surface area contributed by atoms with Crippen LogP contribution in [0.25, 0.3) is 0 Å². The number of nitrogens with zero attached hydrogens (tertiary/aromatic N) is 3. The van der Waals surface area contributed by atoms with E-state index in [1.54, 1.807) is 11.2 Å². The number of hydrogen-bond donors (Lipinski definition) is 4. The second-order valence-electron chi connectivity index (χ2n) is 4.38. The molecule has 18 heavy (non-hydrogen) atoms. The fourth-order valence-corrected chi connectivity index (χ4v) is 1.97. The predicted molar refractivity (Wildman–Crippen MR) is 64.8 cm³/mol. The number of aliphatic imine (C=N–C) groups is 2. The Morgan fingerprint density at radius 3 is 2.89 bits per heavy atom. The molecule has 1 amide bonds. The van der Waals surface area contributed by atoms with Gasteiger partial charge in [-0.2, -0.15) is 0 Å². The molecule has 5 N–H and O–H groups in total. The Morgan fingerprint density at radius 2 is 2.22 bits per heavy atom. The summed E-state index contributed by atoms with van der Waals surface area (Å²) in [4.78, 5) is 21.6. The van der Waals surface area contributed by atoms with Gasteiger partial charge in [0.25, 0.3) is 5.91 Å². The summed E-state index contributed by atoms with van der Waals surface area (Å²) >= 11 is 0. The number of nitrogens with one attached hydrogen (secondary N) is 1. The van der Waals surface area contributed by atoms with Crippen molar-refractivity contribution in [2.75, 3.05) is 19.8 Å². The van der Waals surface area contributed by atoms with Crippen LogP contribution in [0.1, 0.15) is 6.42 Å². The van der Waals surface area contributed by atoms with Crippen LogP contribution in [0.5, 0.6) is 0 Å². The lowest BCUT2D eigenvalue weighted by molar-refractivity contribution is -0.122. The lowest BCUT2D eigenvalue weighted by atomic mass is 10.1. The molecule has 0 fully saturated rings. The number of amides is 1. The van der Waals surface area contributed by atoms with Crippen molar-refractivity contribution in [2.45, 2.75) is 18.6 Å². The normalized spacial score (nSPS) is 26.3. The van der Waals surface area contributed by atoms with Crippen LogP contribution in [-0.2, 0) is 4.79 Å². The minimum Gasteiger partial charge on any atom is -0.396 e. The molecule has 0 aromatic heterocycles. The predicted octanol–water partition coefficient (Wildman–Crippen LogP) is -2.54. The van der Waals surface area contributed by atoms with Crippen molar-refractivity contribution in [3.8, 4) is 0 Å². The summed E-state index contributed by atoms with van der Waals surface area (Å²) < 4.78 is 0. The van der Waals surface area contributed by atoms with Gasteiger partial charge < -0.3 is 20.8 Å². The summed E-state index contributed by atoms with van der Waals surface area (Å²) in [5.74, 6) is -0.332. The maximum absolute atomic E-state index is 11.6. The number of carbonyl (C=O) groups excluding carboxylic acids is 1. The molecule has 0 aromatic rings. The van der Waals surface area contributed by atoms with Crippen molar-refractivity contribution < 1.29 is 15.0 Å². The molecule has 100 valence electrons. The van der Waals surface area contributed by atoms with Gasteiger partial charge in [0, 0.05) is 25.7 Å². The third-order valence-corrected chi connectivity index (χ3v) is 3.10. The second kappa shape index (κ2) is 5.32. The number of guanidine groups is 1. The topological polar surface area (TPSA) is 124 Å². The average Bonchev–Trinajstić information content (AvgIpc) is 2.74. The van der Waals surface area contributed by atoms with E-state index < -0.39 is 12.2 Å². The van der Waals surface area contributed by atoms with Crippen molar-refractivity contribution in [3.05, 3.63) is 0 Å². The lowest BCUT2D eigenvalue weighted by Crippen LogP contribution is -2.53. The molecule has 0 aromatic carbocycles. The number of rotatable bonds is 5. The van der Waals surface area contributed by atoms with Crippen LogP contribution >= 0.6 is 0 Å². The van der Waals surface area contributed by atoms with Crippen molar-refractivity contribution in [1.29, 1.82) is 0 Å². The Morgan fingerprint density at radius 1 is 1.50 bits per heavy atom. The van der Waals surface area contributed by atoms with E-state index in [4.69, 9.17) is 15.9 Å². The quantitative estimate of drug-likeness (QED) is 0.431. The Kier molecular flexibility index (Phi) is 3.78. The van der Waals surface area contributed by atoms with E-state index >= 15 is 0 Å². The molecule has 0 saturated carbocycles. The molecule has 2 aliphatic rings. The van der Waals surface area contributed by atoms with Crippen molar-refractivity contribution in [3.63, 3.8) is 0 Å². The zero-order valence-corrected chi connectivity index (χ0v) is 9.86. The lowest BCUT2D eigenvalue weighted by Gasteiger charge is -2.28. The smallest absolute Gasteiger partial charge is 0.255 e. The Hall–Kier alpha value is -1.67. The number of aliphatic hydroxyl groups is 2. The molecule has 0 aliphatic carbocycles. The molecular formula is C10H17N5O3. The highest BCUT2D eigenvalue weighted by Gasteiger charge is 2.39. The van der Waals surface area contributed by atoms with E-state index in [0.717, 1.165) is 0 Å². The minimum atomic E-state index is -0.556. The van der Waals surface area contributed by atoms with Gasteiger partial charge in [0.1, 0.15) is 0 Å². The number of aliphatic hydroxyl groups excluding tert-OH is 2. The van der Waals surface area contributed by atoms with E-state index in [2.05, 4.69) is 15.3 Å². The fraction of sp³-hybridized carbons (Fsp3) is 0.700. The van der Waals surface area contributed by atoms with Crippen molar-refractivity contribution >= 4 is 18.2 Å². The monoisotopic (exact) mass is 255 g/mol. The molecule has 8 nitrogen and oxygen atoms in total. The molecular weight excluding hydrogens is 238 g/mol. The van der Waals surface area contributed by atoms with Crippen LogP contribution in [0, 0.1) is 5.92 Å². The molecule has 2 heterocycles. The maximum Gasteiger partial charge on any atom is 0.255 e. The van der Waals surface area contributed by atoms with E-state index in [1.165, 1.54) is 0 Å². The van der Waals surface area contributed by atoms with Crippen LogP contribution in [-0.4, -0.2) is 65.3 Å². The number of hydrogen-bond acceptors (Lipinski definition) is 7. The van der Waals surface area contributed by atoms with E-state index in [0.29, 0.717) is 13.0 Å². The first-order chi connectivity index (χ1) is 8.65. The molecule has 0 spiro atoms. The van der Waals surface area contributed by atoms with Crippen molar-refractivity contribution in [2.24, 2.45) is 21.6 Å². The molecule has 0 saturated heterocycles. The van der Waals surface area contributed by atoms with Crippen molar-refractivity contribution in [1.82, 2.24) is 10.2 Å². The first-order valence-electron chi connectivity index (χ1n) is 5.80. The highest BCUT2D eigenvalue weighted by Crippen LogP contribution is 2.19. The van der Waals surface area contributed by atoms with Gasteiger partial charge >= 0.3 is 0 Å². The summed E-state index contributed by atoms with van der Waals surface area (Å²) in [6.07, 6.45) is 1.76. The van der Waals surface area contributed by atoms with Crippen LogP contribution in [0.3, 0.4) is 0 Å². The molecule has 2 unspecified atom stereocenters. The Labute approximate surface area is 104 Å². The van der Waals surface area contributed by atoms with Gasteiger partial charge in [-0.3, -0.25) is 15.1 Å². The fourth-order valence-electron chi connectivity index (χ4n) is 1.97. The van der Waals surface area contributed by atoms with Crippen LogP contribution in [0.15, 0.2) is 9.98 Å². The van der Waals surface area contributed by atoms with Crippen LogP contribution in [0.2, 0.25) is 0 Å². The highest BCUT2D eigenvalue weighted by molar-refractivity contribution is 6.02. The van der Waals surface area contributed by atoms with Gasteiger partial charge in [-0.15, -0.1) is 0 Å². The molecule has 0 radical (unpaired) electrons. The van der Waals surface area contributed by atoms with Crippen LogP contribution < -0.4 is 11.1 Å². The minimum absolute atomic E-state index is 0.0680. The zero-order chi connectivity index (χ0) is 13.1. The molecule has 2 atom stereocenters. The highest BCUT2D eigenvalue weighted by atomic mass is 16.3. The number of carbonyl (C=O) groups is 1. The largest absolute Gasteiger partial charge is 0.396 e. The standard InChI is InChI=1S/C10H17N5O3/c11-10-13-8-7(9(18)14-10)12-5-15(8)2-1-6(3-16)4-17/h5-8,16-17H,1-4H2,(H3,11,13,14,18). The van der Waals surface area contributed by atoms with E-state index in [1.807, 2.05) is 0 Å². The Bertz CT molecular complexity index is 380. The zero-order valence-electron chi connectivity index (χ0n) is 9.86. The van der Waals surface area contributed by atoms with E-state index in [9.17, 15) is 4.79 Å². The third-order valence-electron chi connectivity index (χ3n) is 3.10. The second-order valence-corrected chi connectivity index (χ2v) is 4.38.